The van der Waals surface area contributed by atoms with E-state index in [0.717, 1.165) is 23.9 Å². The maximum absolute atomic E-state index is 4.46. The third-order valence-electron chi connectivity index (χ3n) is 4.68. The standard InChI is InChI=1S/C16H23N5/c1-12-8-16-18-10-13(11-21(16)19-12)9-17-14-4-6-20(7-5-14)15-2-3-15/h8,10-11,14-15,17H,2-7,9H2,1H3. The summed E-state index contributed by atoms with van der Waals surface area (Å²) in [5.74, 6) is 0. The Labute approximate surface area is 125 Å². The van der Waals surface area contributed by atoms with Gasteiger partial charge in [0.1, 0.15) is 0 Å². The fourth-order valence-electron chi connectivity index (χ4n) is 3.30. The summed E-state index contributed by atoms with van der Waals surface area (Å²) >= 11 is 0. The molecule has 5 nitrogen and oxygen atoms in total. The van der Waals surface area contributed by atoms with Crippen LogP contribution in [0.2, 0.25) is 0 Å². The van der Waals surface area contributed by atoms with Gasteiger partial charge in [0, 0.05) is 42.7 Å². The minimum atomic E-state index is 0.648. The number of piperidine rings is 1. The van der Waals surface area contributed by atoms with Crippen LogP contribution in [-0.4, -0.2) is 44.7 Å². The first kappa shape index (κ1) is 13.2. The van der Waals surface area contributed by atoms with Crippen LogP contribution in [0.3, 0.4) is 0 Å². The molecule has 1 N–H and O–H groups in total. The van der Waals surface area contributed by atoms with E-state index in [0.29, 0.717) is 6.04 Å². The zero-order valence-corrected chi connectivity index (χ0v) is 12.6. The maximum atomic E-state index is 4.46. The third kappa shape index (κ3) is 2.94. The smallest absolute Gasteiger partial charge is 0.155 e. The van der Waals surface area contributed by atoms with E-state index in [9.17, 15) is 0 Å². The van der Waals surface area contributed by atoms with Gasteiger partial charge in [-0.2, -0.15) is 5.10 Å². The largest absolute Gasteiger partial charge is 0.310 e. The lowest BCUT2D eigenvalue weighted by molar-refractivity contribution is 0.189. The molecule has 0 amide bonds. The average Bonchev–Trinajstić information content (AvgIpc) is 3.27. The molecule has 1 saturated carbocycles. The fraction of sp³-hybridized carbons (Fsp3) is 0.625. The molecule has 21 heavy (non-hydrogen) atoms. The number of aryl methyl sites for hydroxylation is 1. The summed E-state index contributed by atoms with van der Waals surface area (Å²) in [6, 6.07) is 3.57. The van der Waals surface area contributed by atoms with Gasteiger partial charge in [-0.25, -0.2) is 9.50 Å². The topological polar surface area (TPSA) is 45.5 Å². The van der Waals surface area contributed by atoms with Crippen molar-refractivity contribution in [2.45, 2.75) is 51.2 Å². The number of nitrogens with one attached hydrogen (secondary N) is 1. The van der Waals surface area contributed by atoms with E-state index in [1.165, 1.54) is 44.3 Å². The molecule has 0 bridgehead atoms. The van der Waals surface area contributed by atoms with Crippen molar-refractivity contribution in [1.29, 1.82) is 0 Å². The van der Waals surface area contributed by atoms with Crippen molar-refractivity contribution < 1.29 is 0 Å². The minimum absolute atomic E-state index is 0.648. The summed E-state index contributed by atoms with van der Waals surface area (Å²) in [7, 11) is 0. The Morgan fingerprint density at radius 1 is 1.24 bits per heavy atom. The van der Waals surface area contributed by atoms with Crippen molar-refractivity contribution in [1.82, 2.24) is 24.8 Å². The molecule has 1 saturated heterocycles. The first-order valence-electron chi connectivity index (χ1n) is 8.06. The van der Waals surface area contributed by atoms with E-state index in [4.69, 9.17) is 0 Å². The van der Waals surface area contributed by atoms with E-state index < -0.39 is 0 Å². The number of hydrogen-bond acceptors (Lipinski definition) is 4. The zero-order chi connectivity index (χ0) is 14.2. The fourth-order valence-corrected chi connectivity index (χ4v) is 3.30. The molecular weight excluding hydrogens is 262 g/mol. The molecule has 4 rings (SSSR count). The number of aromatic nitrogens is 3. The Kier molecular flexibility index (Phi) is 3.39. The summed E-state index contributed by atoms with van der Waals surface area (Å²) < 4.78 is 1.88. The van der Waals surface area contributed by atoms with Crippen molar-refractivity contribution in [3.63, 3.8) is 0 Å². The molecule has 3 heterocycles. The monoisotopic (exact) mass is 285 g/mol. The predicted octanol–water partition coefficient (Wildman–Crippen LogP) is 1.75. The van der Waals surface area contributed by atoms with Crippen LogP contribution in [-0.2, 0) is 6.54 Å². The first-order chi connectivity index (χ1) is 10.3. The minimum Gasteiger partial charge on any atom is -0.310 e. The van der Waals surface area contributed by atoms with Gasteiger partial charge in [0.05, 0.1) is 5.69 Å². The zero-order valence-electron chi connectivity index (χ0n) is 12.6. The molecule has 1 aliphatic heterocycles. The van der Waals surface area contributed by atoms with Gasteiger partial charge < -0.3 is 10.2 Å². The number of fused-ring (bicyclic) bond motifs is 1. The highest BCUT2D eigenvalue weighted by molar-refractivity contribution is 5.38. The predicted molar refractivity (Wildman–Crippen MR) is 82.2 cm³/mol. The maximum Gasteiger partial charge on any atom is 0.155 e. The summed E-state index contributed by atoms with van der Waals surface area (Å²) in [6.07, 6.45) is 9.44. The highest BCUT2D eigenvalue weighted by Crippen LogP contribution is 2.29. The second-order valence-corrected chi connectivity index (χ2v) is 6.47. The number of likely N-dealkylation sites (tertiary alicyclic amines) is 1. The lowest BCUT2D eigenvalue weighted by atomic mass is 10.0. The van der Waals surface area contributed by atoms with E-state index in [1.54, 1.807) is 0 Å². The van der Waals surface area contributed by atoms with Crippen molar-refractivity contribution in [3.05, 3.63) is 29.7 Å². The van der Waals surface area contributed by atoms with E-state index in [1.807, 2.05) is 23.7 Å². The average molecular weight is 285 g/mol. The second-order valence-electron chi connectivity index (χ2n) is 6.47. The molecular formula is C16H23N5. The summed E-state index contributed by atoms with van der Waals surface area (Å²) in [6.45, 7) is 5.41. The molecule has 112 valence electrons. The van der Waals surface area contributed by atoms with Gasteiger partial charge in [-0.1, -0.05) is 0 Å². The lowest BCUT2D eigenvalue weighted by Crippen LogP contribution is -2.43. The summed E-state index contributed by atoms with van der Waals surface area (Å²) in [5.41, 5.74) is 3.14. The lowest BCUT2D eigenvalue weighted by Gasteiger charge is -2.32. The van der Waals surface area contributed by atoms with Gasteiger partial charge in [-0.3, -0.25) is 0 Å². The Morgan fingerprint density at radius 3 is 2.81 bits per heavy atom. The molecule has 0 radical (unpaired) electrons. The van der Waals surface area contributed by atoms with Crippen LogP contribution < -0.4 is 5.32 Å². The summed E-state index contributed by atoms with van der Waals surface area (Å²) in [4.78, 5) is 7.13. The Bertz CT molecular complexity index is 623. The quantitative estimate of drug-likeness (QED) is 0.929. The van der Waals surface area contributed by atoms with E-state index >= 15 is 0 Å². The van der Waals surface area contributed by atoms with Gasteiger partial charge in [0.25, 0.3) is 0 Å². The molecule has 5 heteroatoms. The van der Waals surface area contributed by atoms with Gasteiger partial charge in [-0.05, 0) is 45.7 Å². The molecule has 1 aliphatic carbocycles. The molecule has 0 atom stereocenters. The van der Waals surface area contributed by atoms with Crippen molar-refractivity contribution in [2.75, 3.05) is 13.1 Å². The van der Waals surface area contributed by atoms with Gasteiger partial charge in [0.2, 0.25) is 0 Å². The Hall–Kier alpha value is -1.46. The van der Waals surface area contributed by atoms with Gasteiger partial charge in [0.15, 0.2) is 5.65 Å². The van der Waals surface area contributed by atoms with Gasteiger partial charge in [-0.15, -0.1) is 0 Å². The van der Waals surface area contributed by atoms with Crippen molar-refractivity contribution in [3.8, 4) is 0 Å². The van der Waals surface area contributed by atoms with Crippen molar-refractivity contribution in [2.24, 2.45) is 0 Å². The van der Waals surface area contributed by atoms with Crippen LogP contribution in [0.5, 0.6) is 0 Å². The second kappa shape index (κ2) is 5.39. The Morgan fingerprint density at radius 2 is 2.05 bits per heavy atom. The molecule has 0 unspecified atom stereocenters. The molecule has 0 spiro atoms. The van der Waals surface area contributed by atoms with E-state index in [-0.39, 0.29) is 0 Å². The first-order valence-corrected chi connectivity index (χ1v) is 8.06. The Balaban J connectivity index is 1.33. The van der Waals surface area contributed by atoms with Crippen LogP contribution in [0.1, 0.15) is 36.9 Å². The van der Waals surface area contributed by atoms with Crippen LogP contribution >= 0.6 is 0 Å². The van der Waals surface area contributed by atoms with Crippen LogP contribution in [0.25, 0.3) is 5.65 Å². The van der Waals surface area contributed by atoms with Crippen LogP contribution in [0.4, 0.5) is 0 Å². The van der Waals surface area contributed by atoms with Crippen LogP contribution in [0.15, 0.2) is 18.5 Å². The SMILES string of the molecule is Cc1cc2ncc(CNC3CCN(C4CC4)CC3)cn2n1. The van der Waals surface area contributed by atoms with Crippen LogP contribution in [0, 0.1) is 6.92 Å². The molecule has 0 aromatic carbocycles. The third-order valence-corrected chi connectivity index (χ3v) is 4.68. The molecule has 2 aliphatic rings. The van der Waals surface area contributed by atoms with Gasteiger partial charge >= 0.3 is 0 Å². The summed E-state index contributed by atoms with van der Waals surface area (Å²) in [5, 5.41) is 8.11. The highest BCUT2D eigenvalue weighted by atomic mass is 15.2. The highest BCUT2D eigenvalue weighted by Gasteiger charge is 2.31. The molecule has 2 fully saturated rings. The number of rotatable bonds is 4. The number of hydrogen-bond donors (Lipinski definition) is 1. The molecule has 2 aromatic rings. The molecule has 2 aromatic heterocycles. The van der Waals surface area contributed by atoms with Crippen molar-refractivity contribution >= 4 is 5.65 Å². The number of nitrogens with zero attached hydrogens (tertiary/aromatic N) is 4. The van der Waals surface area contributed by atoms with E-state index in [2.05, 4.69) is 26.5 Å². The normalized spacial score (nSPS) is 21.2.